The molecule has 26 heavy (non-hydrogen) atoms. The number of guanidine groups is 1. The van der Waals surface area contributed by atoms with E-state index in [0.717, 1.165) is 35.3 Å². The number of thiazole rings is 1. The molecule has 1 atom stereocenters. The Morgan fingerprint density at radius 1 is 1.35 bits per heavy atom. The van der Waals surface area contributed by atoms with Crippen molar-refractivity contribution in [2.75, 3.05) is 20.3 Å². The Kier molecular flexibility index (Phi) is 6.46. The molecule has 2 aromatic rings. The van der Waals surface area contributed by atoms with Crippen molar-refractivity contribution in [1.29, 1.82) is 0 Å². The minimum atomic E-state index is 0.140. The maximum atomic E-state index is 6.15. The van der Waals surface area contributed by atoms with Crippen molar-refractivity contribution < 1.29 is 9.47 Å². The van der Waals surface area contributed by atoms with Crippen LogP contribution < -0.4 is 15.4 Å². The number of aliphatic imine (C=N–C) groups is 1. The minimum Gasteiger partial charge on any atom is -0.488 e. The second kappa shape index (κ2) is 9.00. The van der Waals surface area contributed by atoms with Crippen molar-refractivity contribution in [2.24, 2.45) is 4.99 Å². The molecule has 0 saturated carbocycles. The fourth-order valence-corrected chi connectivity index (χ4v) is 3.47. The van der Waals surface area contributed by atoms with E-state index < -0.39 is 0 Å². The van der Waals surface area contributed by atoms with Gasteiger partial charge < -0.3 is 20.1 Å². The van der Waals surface area contributed by atoms with Gasteiger partial charge in [-0.05, 0) is 25.5 Å². The lowest BCUT2D eigenvalue weighted by atomic mass is 10.1. The van der Waals surface area contributed by atoms with E-state index in [0.29, 0.717) is 19.7 Å². The molecule has 7 heteroatoms. The summed E-state index contributed by atoms with van der Waals surface area (Å²) >= 11 is 1.69. The molecule has 0 spiro atoms. The van der Waals surface area contributed by atoms with Gasteiger partial charge in [-0.2, -0.15) is 0 Å². The van der Waals surface area contributed by atoms with Crippen molar-refractivity contribution >= 4 is 17.3 Å². The molecule has 1 aliphatic heterocycles. The lowest BCUT2D eigenvalue weighted by molar-refractivity contribution is 0.140. The maximum absolute atomic E-state index is 6.15. The number of benzene rings is 1. The number of rotatable bonds is 6. The summed E-state index contributed by atoms with van der Waals surface area (Å²) in [6, 6.07) is 6.29. The van der Waals surface area contributed by atoms with E-state index in [4.69, 9.17) is 9.47 Å². The van der Waals surface area contributed by atoms with Crippen LogP contribution in [-0.4, -0.2) is 37.3 Å². The molecule has 3 rings (SSSR count). The molecule has 1 aromatic carbocycles. The molecule has 2 N–H and O–H groups in total. The molecule has 0 bridgehead atoms. The SMILES string of the molecule is CN=C(NCc1ncc(C)s1)NCc1ccc(C)cc1OC1CCOC1. The van der Waals surface area contributed by atoms with Gasteiger partial charge in [-0.3, -0.25) is 4.99 Å². The molecular weight excluding hydrogens is 348 g/mol. The molecule has 0 amide bonds. The third-order valence-electron chi connectivity index (χ3n) is 4.15. The molecule has 1 aromatic heterocycles. The van der Waals surface area contributed by atoms with Gasteiger partial charge in [0.05, 0.1) is 19.8 Å². The highest BCUT2D eigenvalue weighted by molar-refractivity contribution is 7.11. The van der Waals surface area contributed by atoms with E-state index in [1.165, 1.54) is 10.4 Å². The molecule has 140 valence electrons. The van der Waals surface area contributed by atoms with Gasteiger partial charge in [0.15, 0.2) is 5.96 Å². The average Bonchev–Trinajstić information content (AvgIpc) is 3.28. The zero-order valence-electron chi connectivity index (χ0n) is 15.5. The number of nitrogens with one attached hydrogen (secondary N) is 2. The number of aryl methyl sites for hydroxylation is 2. The van der Waals surface area contributed by atoms with Crippen molar-refractivity contribution in [3.63, 3.8) is 0 Å². The summed E-state index contributed by atoms with van der Waals surface area (Å²) in [4.78, 5) is 9.86. The molecule has 0 aliphatic carbocycles. The van der Waals surface area contributed by atoms with E-state index >= 15 is 0 Å². The zero-order chi connectivity index (χ0) is 18.4. The monoisotopic (exact) mass is 374 g/mol. The fourth-order valence-electron chi connectivity index (χ4n) is 2.74. The third kappa shape index (κ3) is 5.19. The van der Waals surface area contributed by atoms with Gasteiger partial charge in [0.25, 0.3) is 0 Å². The van der Waals surface area contributed by atoms with Crippen LogP contribution in [0.3, 0.4) is 0 Å². The minimum absolute atomic E-state index is 0.140. The summed E-state index contributed by atoms with van der Waals surface area (Å²) in [7, 11) is 1.77. The van der Waals surface area contributed by atoms with E-state index in [9.17, 15) is 0 Å². The Bertz CT molecular complexity index is 754. The number of hydrogen-bond donors (Lipinski definition) is 2. The largest absolute Gasteiger partial charge is 0.488 e. The highest BCUT2D eigenvalue weighted by atomic mass is 32.1. The number of hydrogen-bond acceptors (Lipinski definition) is 5. The second-order valence-corrected chi connectivity index (χ2v) is 7.68. The van der Waals surface area contributed by atoms with E-state index in [2.05, 4.69) is 52.7 Å². The summed E-state index contributed by atoms with van der Waals surface area (Å²) in [5.41, 5.74) is 2.29. The highest BCUT2D eigenvalue weighted by Crippen LogP contribution is 2.23. The van der Waals surface area contributed by atoms with Crippen LogP contribution >= 0.6 is 11.3 Å². The predicted molar refractivity (Wildman–Crippen MR) is 105 cm³/mol. The highest BCUT2D eigenvalue weighted by Gasteiger charge is 2.18. The topological polar surface area (TPSA) is 67.8 Å². The van der Waals surface area contributed by atoms with Crippen LogP contribution in [0.15, 0.2) is 29.4 Å². The molecule has 1 unspecified atom stereocenters. The summed E-state index contributed by atoms with van der Waals surface area (Å²) in [5, 5.41) is 7.70. The number of aromatic nitrogens is 1. The van der Waals surface area contributed by atoms with E-state index in [1.54, 1.807) is 18.4 Å². The first kappa shape index (κ1) is 18.7. The van der Waals surface area contributed by atoms with Crippen molar-refractivity contribution in [3.05, 3.63) is 45.4 Å². The van der Waals surface area contributed by atoms with E-state index in [-0.39, 0.29) is 6.10 Å². The van der Waals surface area contributed by atoms with Crippen LogP contribution in [0.5, 0.6) is 5.75 Å². The van der Waals surface area contributed by atoms with Crippen molar-refractivity contribution in [1.82, 2.24) is 15.6 Å². The standard InChI is InChI=1S/C19H26N4O2S/c1-13-4-5-15(17(8-13)25-16-6-7-24-12-16)10-22-19(20-3)23-11-18-21-9-14(2)26-18/h4-5,8-9,16H,6-7,10-12H2,1-3H3,(H2,20,22,23). The first-order valence-electron chi connectivity index (χ1n) is 8.84. The Morgan fingerprint density at radius 3 is 2.88 bits per heavy atom. The van der Waals surface area contributed by atoms with Crippen molar-refractivity contribution in [3.8, 4) is 5.75 Å². The van der Waals surface area contributed by atoms with Gasteiger partial charge in [-0.1, -0.05) is 12.1 Å². The van der Waals surface area contributed by atoms with Crippen LogP contribution in [0.2, 0.25) is 0 Å². The summed E-state index contributed by atoms with van der Waals surface area (Å²) in [6.45, 7) is 6.87. The summed E-state index contributed by atoms with van der Waals surface area (Å²) in [5.74, 6) is 1.66. The van der Waals surface area contributed by atoms with Gasteiger partial charge >= 0.3 is 0 Å². The zero-order valence-corrected chi connectivity index (χ0v) is 16.4. The van der Waals surface area contributed by atoms with Gasteiger partial charge in [0, 0.05) is 36.7 Å². The van der Waals surface area contributed by atoms with Crippen LogP contribution in [-0.2, 0) is 17.8 Å². The normalized spacial score (nSPS) is 17.3. The molecule has 1 fully saturated rings. The fraction of sp³-hybridized carbons (Fsp3) is 0.474. The predicted octanol–water partition coefficient (Wildman–Crippen LogP) is 2.79. The van der Waals surface area contributed by atoms with Gasteiger partial charge in [0.1, 0.15) is 16.9 Å². The summed E-state index contributed by atoms with van der Waals surface area (Å²) < 4.78 is 11.6. The number of ether oxygens (including phenoxy) is 2. The quantitative estimate of drug-likeness (QED) is 0.601. The van der Waals surface area contributed by atoms with Crippen LogP contribution in [0.1, 0.15) is 27.4 Å². The Balaban J connectivity index is 1.58. The van der Waals surface area contributed by atoms with E-state index in [1.807, 2.05) is 6.20 Å². The first-order valence-corrected chi connectivity index (χ1v) is 9.65. The lowest BCUT2D eigenvalue weighted by Gasteiger charge is -2.18. The molecule has 2 heterocycles. The summed E-state index contributed by atoms with van der Waals surface area (Å²) in [6.07, 6.45) is 2.97. The Labute approximate surface area is 158 Å². The average molecular weight is 375 g/mol. The molecule has 6 nitrogen and oxygen atoms in total. The maximum Gasteiger partial charge on any atom is 0.191 e. The number of nitrogens with zero attached hydrogens (tertiary/aromatic N) is 2. The van der Waals surface area contributed by atoms with Gasteiger partial charge in [-0.15, -0.1) is 11.3 Å². The molecular formula is C19H26N4O2S. The Hall–Kier alpha value is -2.12. The van der Waals surface area contributed by atoms with Crippen LogP contribution in [0, 0.1) is 13.8 Å². The van der Waals surface area contributed by atoms with Gasteiger partial charge in [0.2, 0.25) is 0 Å². The molecule has 1 aliphatic rings. The van der Waals surface area contributed by atoms with Crippen molar-refractivity contribution in [2.45, 2.75) is 39.5 Å². The lowest BCUT2D eigenvalue weighted by Crippen LogP contribution is -2.36. The molecule has 0 radical (unpaired) electrons. The molecule has 1 saturated heterocycles. The van der Waals surface area contributed by atoms with Crippen LogP contribution in [0.25, 0.3) is 0 Å². The second-order valence-electron chi connectivity index (χ2n) is 6.36. The Morgan fingerprint density at radius 2 is 2.19 bits per heavy atom. The first-order chi connectivity index (χ1) is 12.6. The van der Waals surface area contributed by atoms with Crippen LogP contribution in [0.4, 0.5) is 0 Å². The smallest absolute Gasteiger partial charge is 0.191 e. The third-order valence-corrected chi connectivity index (χ3v) is 5.06. The van der Waals surface area contributed by atoms with Gasteiger partial charge in [-0.25, -0.2) is 4.98 Å².